The van der Waals surface area contributed by atoms with Crippen molar-refractivity contribution >= 4 is 5.71 Å². The summed E-state index contributed by atoms with van der Waals surface area (Å²) in [6, 6.07) is 4.37. The van der Waals surface area contributed by atoms with Crippen LogP contribution in [0, 0.1) is 11.2 Å². The van der Waals surface area contributed by atoms with Gasteiger partial charge in [-0.15, -0.1) is 0 Å². The highest BCUT2D eigenvalue weighted by Gasteiger charge is 2.04. The van der Waals surface area contributed by atoms with E-state index in [0.29, 0.717) is 11.3 Å². The Bertz CT molecular complexity index is 360. The smallest absolute Gasteiger partial charge is 0.165 e. The van der Waals surface area contributed by atoms with Crippen LogP contribution in [0.3, 0.4) is 0 Å². The van der Waals surface area contributed by atoms with Crippen molar-refractivity contribution < 1.29 is 9.13 Å². The van der Waals surface area contributed by atoms with Crippen molar-refractivity contribution in [3.8, 4) is 5.75 Å². The van der Waals surface area contributed by atoms with Crippen molar-refractivity contribution in [2.75, 3.05) is 6.61 Å². The Labute approximate surface area is 82.5 Å². The van der Waals surface area contributed by atoms with Gasteiger partial charge in [-0.05, 0) is 24.6 Å². The first kappa shape index (κ1) is 10.4. The quantitative estimate of drug-likeness (QED) is 0.578. The molecule has 0 aromatic heterocycles. The van der Waals surface area contributed by atoms with Crippen LogP contribution in [0.5, 0.6) is 5.75 Å². The number of rotatable bonds is 4. The van der Waals surface area contributed by atoms with Gasteiger partial charge in [0, 0.05) is 5.71 Å². The third-order valence-corrected chi connectivity index (χ3v) is 1.72. The van der Waals surface area contributed by atoms with Gasteiger partial charge in [0.25, 0.3) is 0 Å². The first-order valence-electron chi connectivity index (χ1n) is 4.24. The van der Waals surface area contributed by atoms with Crippen LogP contribution in [0.2, 0.25) is 0 Å². The number of hydrogen-bond donors (Lipinski definition) is 1. The Morgan fingerprint density at radius 3 is 2.93 bits per heavy atom. The van der Waals surface area contributed by atoms with E-state index in [1.54, 1.807) is 19.1 Å². The fraction of sp³-hybridized carbons (Fsp3) is 0.182. The SMILES string of the molecule is C=CCOc1cc(C(C)=N)ccc1F. The van der Waals surface area contributed by atoms with Crippen molar-refractivity contribution in [1.82, 2.24) is 0 Å². The van der Waals surface area contributed by atoms with Gasteiger partial charge in [-0.1, -0.05) is 18.7 Å². The second kappa shape index (κ2) is 4.56. The molecule has 0 aliphatic heterocycles. The molecule has 3 heteroatoms. The number of ether oxygens (including phenoxy) is 1. The second-order valence-electron chi connectivity index (χ2n) is 2.87. The highest BCUT2D eigenvalue weighted by atomic mass is 19.1. The van der Waals surface area contributed by atoms with Gasteiger partial charge in [-0.25, -0.2) is 4.39 Å². The highest BCUT2D eigenvalue weighted by molar-refractivity contribution is 5.96. The fourth-order valence-electron chi connectivity index (χ4n) is 0.996. The third-order valence-electron chi connectivity index (χ3n) is 1.72. The van der Waals surface area contributed by atoms with Crippen LogP contribution >= 0.6 is 0 Å². The van der Waals surface area contributed by atoms with Crippen molar-refractivity contribution in [1.29, 1.82) is 5.41 Å². The monoisotopic (exact) mass is 193 g/mol. The molecule has 1 aromatic rings. The minimum absolute atomic E-state index is 0.161. The molecule has 1 rings (SSSR count). The highest BCUT2D eigenvalue weighted by Crippen LogP contribution is 2.18. The van der Waals surface area contributed by atoms with Gasteiger partial charge in [0.2, 0.25) is 0 Å². The molecule has 0 amide bonds. The molecule has 1 N–H and O–H groups in total. The summed E-state index contributed by atoms with van der Waals surface area (Å²) in [5.74, 6) is -0.258. The van der Waals surface area contributed by atoms with E-state index in [9.17, 15) is 4.39 Å². The van der Waals surface area contributed by atoms with E-state index >= 15 is 0 Å². The molecule has 0 aliphatic carbocycles. The lowest BCUT2D eigenvalue weighted by Gasteiger charge is -2.06. The Morgan fingerprint density at radius 2 is 2.36 bits per heavy atom. The van der Waals surface area contributed by atoms with Crippen molar-refractivity contribution in [2.45, 2.75) is 6.92 Å². The summed E-state index contributed by atoms with van der Waals surface area (Å²) >= 11 is 0. The van der Waals surface area contributed by atoms with Crippen LogP contribution in [0.15, 0.2) is 30.9 Å². The van der Waals surface area contributed by atoms with E-state index in [0.717, 1.165) is 0 Å². The van der Waals surface area contributed by atoms with Crippen LogP contribution in [-0.2, 0) is 0 Å². The first-order chi connectivity index (χ1) is 6.65. The Hall–Kier alpha value is -1.64. The minimum atomic E-state index is -0.420. The van der Waals surface area contributed by atoms with E-state index in [1.165, 1.54) is 12.1 Å². The van der Waals surface area contributed by atoms with Crippen molar-refractivity contribution in [2.24, 2.45) is 0 Å². The Kier molecular flexibility index (Phi) is 3.40. The van der Waals surface area contributed by atoms with E-state index < -0.39 is 5.82 Å². The lowest BCUT2D eigenvalue weighted by molar-refractivity contribution is 0.342. The minimum Gasteiger partial charge on any atom is -0.486 e. The molecule has 0 atom stereocenters. The average molecular weight is 193 g/mol. The molecule has 1 aromatic carbocycles. The average Bonchev–Trinajstić information content (AvgIpc) is 2.16. The first-order valence-corrected chi connectivity index (χ1v) is 4.24. The molecular formula is C11H12FNO. The summed E-state index contributed by atoms with van der Waals surface area (Å²) in [7, 11) is 0. The third kappa shape index (κ3) is 2.42. The molecule has 0 saturated carbocycles. The summed E-state index contributed by atoms with van der Waals surface area (Å²) < 4.78 is 18.2. The maximum absolute atomic E-state index is 13.1. The molecule has 0 fully saturated rings. The van der Waals surface area contributed by atoms with Crippen LogP contribution in [0.1, 0.15) is 12.5 Å². The predicted molar refractivity (Wildman–Crippen MR) is 54.6 cm³/mol. The van der Waals surface area contributed by atoms with E-state index in [2.05, 4.69) is 6.58 Å². The van der Waals surface area contributed by atoms with Gasteiger partial charge in [0.1, 0.15) is 6.61 Å². The molecule has 0 radical (unpaired) electrons. The molecule has 14 heavy (non-hydrogen) atoms. The standard InChI is InChI=1S/C11H12FNO/c1-3-6-14-11-7-9(8(2)13)4-5-10(11)12/h3-5,7,13H,1,6H2,2H3. The molecule has 74 valence electrons. The van der Waals surface area contributed by atoms with Crippen LogP contribution in [0.25, 0.3) is 0 Å². The zero-order chi connectivity index (χ0) is 10.6. The maximum Gasteiger partial charge on any atom is 0.165 e. The number of hydrogen-bond acceptors (Lipinski definition) is 2. The second-order valence-corrected chi connectivity index (χ2v) is 2.87. The Balaban J connectivity index is 2.95. The van der Waals surface area contributed by atoms with Gasteiger partial charge in [-0.2, -0.15) is 0 Å². The molecular weight excluding hydrogens is 181 g/mol. The summed E-state index contributed by atoms with van der Waals surface area (Å²) in [5, 5.41) is 7.38. The largest absolute Gasteiger partial charge is 0.486 e. The number of halogens is 1. The van der Waals surface area contributed by atoms with Gasteiger partial charge >= 0.3 is 0 Å². The van der Waals surface area contributed by atoms with Gasteiger partial charge in [-0.3, -0.25) is 0 Å². The molecule has 0 unspecified atom stereocenters. The lowest BCUT2D eigenvalue weighted by Crippen LogP contribution is -1.99. The predicted octanol–water partition coefficient (Wildman–Crippen LogP) is 2.78. The number of benzene rings is 1. The molecule has 0 saturated heterocycles. The van der Waals surface area contributed by atoms with Crippen molar-refractivity contribution in [3.05, 3.63) is 42.2 Å². The fourth-order valence-corrected chi connectivity index (χ4v) is 0.996. The van der Waals surface area contributed by atoms with Gasteiger partial charge in [0.05, 0.1) is 0 Å². The molecule has 0 aliphatic rings. The zero-order valence-electron chi connectivity index (χ0n) is 8.01. The van der Waals surface area contributed by atoms with Crippen molar-refractivity contribution in [3.63, 3.8) is 0 Å². The zero-order valence-corrected chi connectivity index (χ0v) is 8.01. The lowest BCUT2D eigenvalue weighted by atomic mass is 10.1. The van der Waals surface area contributed by atoms with Crippen LogP contribution in [0.4, 0.5) is 4.39 Å². The molecule has 0 heterocycles. The van der Waals surface area contributed by atoms with Crippen LogP contribution < -0.4 is 4.74 Å². The van der Waals surface area contributed by atoms with E-state index in [1.807, 2.05) is 0 Å². The van der Waals surface area contributed by atoms with E-state index in [4.69, 9.17) is 10.1 Å². The molecule has 0 spiro atoms. The topological polar surface area (TPSA) is 33.1 Å². The summed E-state index contributed by atoms with van der Waals surface area (Å²) in [6.07, 6.45) is 1.55. The van der Waals surface area contributed by atoms with Gasteiger partial charge in [0.15, 0.2) is 11.6 Å². The van der Waals surface area contributed by atoms with Crippen LogP contribution in [-0.4, -0.2) is 12.3 Å². The normalized spacial score (nSPS) is 9.57. The Morgan fingerprint density at radius 1 is 1.64 bits per heavy atom. The number of nitrogens with one attached hydrogen (secondary N) is 1. The van der Waals surface area contributed by atoms with Gasteiger partial charge < -0.3 is 10.1 Å². The van der Waals surface area contributed by atoms with E-state index in [-0.39, 0.29) is 12.4 Å². The maximum atomic E-state index is 13.1. The summed E-state index contributed by atoms with van der Waals surface area (Å²) in [4.78, 5) is 0. The summed E-state index contributed by atoms with van der Waals surface area (Å²) in [5.41, 5.74) is 1.04. The molecule has 0 bridgehead atoms. The summed E-state index contributed by atoms with van der Waals surface area (Å²) in [6.45, 7) is 5.38. The molecule has 2 nitrogen and oxygen atoms in total.